The normalized spacial score (nSPS) is 19.2. The molecule has 1 aliphatic heterocycles. The lowest BCUT2D eigenvalue weighted by Crippen LogP contribution is -2.30. The van der Waals surface area contributed by atoms with Crippen LogP contribution in [-0.4, -0.2) is 30.2 Å². The number of anilines is 2. The van der Waals surface area contributed by atoms with Gasteiger partial charge in [0.25, 0.3) is 0 Å². The summed E-state index contributed by atoms with van der Waals surface area (Å²) in [5, 5.41) is 2.83. The Morgan fingerprint density at radius 2 is 2.08 bits per heavy atom. The number of imidazole rings is 1. The van der Waals surface area contributed by atoms with E-state index in [1.807, 2.05) is 37.6 Å². The highest BCUT2D eigenvalue weighted by Gasteiger charge is 2.44. The highest BCUT2D eigenvalue weighted by Crippen LogP contribution is 2.42. The number of carbonyl (C=O) groups excluding carboxylic acids is 1. The van der Waals surface area contributed by atoms with Gasteiger partial charge in [0.2, 0.25) is 5.91 Å². The van der Waals surface area contributed by atoms with Gasteiger partial charge in [-0.25, -0.2) is 19.9 Å². The monoisotopic (exact) mass is 337 g/mol. The molecule has 0 saturated carbocycles. The summed E-state index contributed by atoms with van der Waals surface area (Å²) in [5.74, 6) is 1.08. The Hall–Kier alpha value is -3.03. The molecule has 128 valence electrons. The van der Waals surface area contributed by atoms with Crippen LogP contribution in [0, 0.1) is 0 Å². The highest BCUT2D eigenvalue weighted by molar-refractivity contribution is 6.06. The smallest absolute Gasteiger partial charge is 0.236 e. The lowest BCUT2D eigenvalue weighted by atomic mass is 9.82. The number of aromatic nitrogens is 5. The van der Waals surface area contributed by atoms with Gasteiger partial charge in [0.05, 0.1) is 16.7 Å². The first-order valence-electron chi connectivity index (χ1n) is 8.30. The minimum absolute atomic E-state index is 0.101. The number of carbonyl (C=O) groups is 1. The van der Waals surface area contributed by atoms with E-state index in [4.69, 9.17) is 5.73 Å². The SMILES string of the molecule is CCc1nc(-c2nc(N)c3c(n2)NC(=O)C3(C)CC)cn2ccnc12. The van der Waals surface area contributed by atoms with Crippen LogP contribution < -0.4 is 11.1 Å². The van der Waals surface area contributed by atoms with E-state index in [1.165, 1.54) is 0 Å². The van der Waals surface area contributed by atoms with Crippen molar-refractivity contribution in [3.05, 3.63) is 29.8 Å². The summed E-state index contributed by atoms with van der Waals surface area (Å²) >= 11 is 0. The molecule has 4 rings (SSSR count). The van der Waals surface area contributed by atoms with Gasteiger partial charge in [-0.2, -0.15) is 0 Å². The van der Waals surface area contributed by atoms with Crippen molar-refractivity contribution in [3.8, 4) is 11.5 Å². The molecule has 4 heterocycles. The minimum atomic E-state index is -0.700. The molecule has 0 bridgehead atoms. The highest BCUT2D eigenvalue weighted by atomic mass is 16.2. The van der Waals surface area contributed by atoms with Crippen molar-refractivity contribution in [1.29, 1.82) is 0 Å². The molecule has 0 spiro atoms. The molecular formula is C17H19N7O. The van der Waals surface area contributed by atoms with Crippen LogP contribution in [0.2, 0.25) is 0 Å². The quantitative estimate of drug-likeness (QED) is 0.755. The van der Waals surface area contributed by atoms with Crippen LogP contribution in [0.25, 0.3) is 17.2 Å². The maximum atomic E-state index is 12.4. The van der Waals surface area contributed by atoms with E-state index in [1.54, 1.807) is 6.20 Å². The van der Waals surface area contributed by atoms with Crippen molar-refractivity contribution in [3.63, 3.8) is 0 Å². The van der Waals surface area contributed by atoms with Crippen LogP contribution in [0.5, 0.6) is 0 Å². The fourth-order valence-electron chi connectivity index (χ4n) is 3.27. The lowest BCUT2D eigenvalue weighted by molar-refractivity contribution is -0.120. The van der Waals surface area contributed by atoms with Crippen molar-refractivity contribution >= 4 is 23.2 Å². The van der Waals surface area contributed by atoms with E-state index in [0.717, 1.165) is 17.8 Å². The summed E-state index contributed by atoms with van der Waals surface area (Å²) in [7, 11) is 0. The van der Waals surface area contributed by atoms with Crippen LogP contribution in [0.1, 0.15) is 38.4 Å². The predicted octanol–water partition coefficient (Wildman–Crippen LogP) is 1.95. The Bertz CT molecular complexity index is 1010. The van der Waals surface area contributed by atoms with Crippen LogP contribution in [0.15, 0.2) is 18.6 Å². The van der Waals surface area contributed by atoms with Gasteiger partial charge in [0.1, 0.15) is 17.3 Å². The molecule has 8 nitrogen and oxygen atoms in total. The largest absolute Gasteiger partial charge is 0.383 e. The molecule has 3 N–H and O–H groups in total. The summed E-state index contributed by atoms with van der Waals surface area (Å²) in [5.41, 5.74) is 8.43. The number of aryl methyl sites for hydroxylation is 1. The lowest BCUT2D eigenvalue weighted by Gasteiger charge is -2.20. The third-order valence-corrected chi connectivity index (χ3v) is 4.94. The molecule has 3 aromatic heterocycles. The molecule has 25 heavy (non-hydrogen) atoms. The fourth-order valence-corrected chi connectivity index (χ4v) is 3.27. The van der Waals surface area contributed by atoms with E-state index in [9.17, 15) is 4.79 Å². The number of amides is 1. The Morgan fingerprint density at radius 1 is 1.28 bits per heavy atom. The number of rotatable bonds is 3. The van der Waals surface area contributed by atoms with Crippen LogP contribution in [-0.2, 0) is 16.6 Å². The zero-order chi connectivity index (χ0) is 17.8. The Balaban J connectivity index is 1.90. The molecule has 0 aromatic carbocycles. The second-order valence-corrected chi connectivity index (χ2v) is 6.38. The van der Waals surface area contributed by atoms with Crippen molar-refractivity contribution < 1.29 is 4.79 Å². The van der Waals surface area contributed by atoms with E-state index in [2.05, 4.69) is 25.3 Å². The third-order valence-electron chi connectivity index (χ3n) is 4.94. The zero-order valence-corrected chi connectivity index (χ0v) is 14.4. The Morgan fingerprint density at radius 3 is 2.80 bits per heavy atom. The van der Waals surface area contributed by atoms with Gasteiger partial charge in [-0.1, -0.05) is 13.8 Å². The molecule has 0 saturated heterocycles. The molecule has 3 aromatic rings. The Kier molecular flexibility index (Phi) is 3.24. The molecule has 1 amide bonds. The number of nitrogens with zero attached hydrogens (tertiary/aromatic N) is 5. The summed E-state index contributed by atoms with van der Waals surface area (Å²) in [4.78, 5) is 30.3. The first-order chi connectivity index (χ1) is 12.0. The van der Waals surface area contributed by atoms with E-state index in [0.29, 0.717) is 35.1 Å². The average molecular weight is 337 g/mol. The average Bonchev–Trinajstić information content (AvgIpc) is 3.17. The van der Waals surface area contributed by atoms with Crippen molar-refractivity contribution in [1.82, 2.24) is 24.3 Å². The van der Waals surface area contributed by atoms with Gasteiger partial charge >= 0.3 is 0 Å². The fraction of sp³-hybridized carbons (Fsp3) is 0.353. The molecule has 1 unspecified atom stereocenters. The zero-order valence-electron chi connectivity index (χ0n) is 14.4. The van der Waals surface area contributed by atoms with Gasteiger partial charge in [-0.15, -0.1) is 0 Å². The van der Waals surface area contributed by atoms with Crippen LogP contribution in [0.3, 0.4) is 0 Å². The summed E-state index contributed by atoms with van der Waals surface area (Å²) in [6, 6.07) is 0. The molecule has 8 heteroatoms. The summed E-state index contributed by atoms with van der Waals surface area (Å²) in [6.07, 6.45) is 6.76. The number of nitrogens with two attached hydrogens (primary N) is 1. The van der Waals surface area contributed by atoms with Crippen molar-refractivity contribution in [2.75, 3.05) is 11.1 Å². The van der Waals surface area contributed by atoms with Crippen molar-refractivity contribution in [2.24, 2.45) is 0 Å². The van der Waals surface area contributed by atoms with Gasteiger partial charge in [0.15, 0.2) is 11.5 Å². The van der Waals surface area contributed by atoms with Crippen LogP contribution >= 0.6 is 0 Å². The topological polar surface area (TPSA) is 111 Å². The second-order valence-electron chi connectivity index (χ2n) is 6.38. The van der Waals surface area contributed by atoms with Gasteiger partial charge in [0, 0.05) is 18.6 Å². The number of nitrogens with one attached hydrogen (secondary N) is 1. The third kappa shape index (κ3) is 2.10. The molecular weight excluding hydrogens is 318 g/mol. The van der Waals surface area contributed by atoms with E-state index in [-0.39, 0.29) is 5.91 Å². The molecule has 1 atom stereocenters. The second kappa shape index (κ2) is 5.23. The molecule has 0 fully saturated rings. The first-order valence-corrected chi connectivity index (χ1v) is 8.30. The minimum Gasteiger partial charge on any atom is -0.383 e. The number of hydrogen-bond donors (Lipinski definition) is 2. The summed E-state index contributed by atoms with van der Waals surface area (Å²) < 4.78 is 1.89. The maximum Gasteiger partial charge on any atom is 0.236 e. The number of nitrogen functional groups attached to an aromatic ring is 1. The number of fused-ring (bicyclic) bond motifs is 2. The molecule has 0 aliphatic carbocycles. The van der Waals surface area contributed by atoms with E-state index >= 15 is 0 Å². The van der Waals surface area contributed by atoms with Crippen LogP contribution in [0.4, 0.5) is 11.6 Å². The number of hydrogen-bond acceptors (Lipinski definition) is 6. The van der Waals surface area contributed by atoms with Gasteiger partial charge in [-0.05, 0) is 19.8 Å². The molecule has 0 radical (unpaired) electrons. The Labute approximate surface area is 144 Å². The standard InChI is InChI=1S/C17H19N7O/c1-4-9-15-19-6-7-24(15)8-10(20-9)13-21-12(18)11-14(22-13)23-16(25)17(11,3)5-2/h6-8H,4-5H2,1-3H3,(H3,18,21,22,23,25). The summed E-state index contributed by atoms with van der Waals surface area (Å²) in [6.45, 7) is 5.83. The first kappa shape index (κ1) is 15.5. The maximum absolute atomic E-state index is 12.4. The van der Waals surface area contributed by atoms with Gasteiger partial charge in [-0.3, -0.25) is 4.79 Å². The van der Waals surface area contributed by atoms with Gasteiger partial charge < -0.3 is 15.5 Å². The predicted molar refractivity (Wildman–Crippen MR) is 94.1 cm³/mol. The van der Waals surface area contributed by atoms with Crippen molar-refractivity contribution in [2.45, 2.75) is 39.0 Å². The van der Waals surface area contributed by atoms with E-state index < -0.39 is 5.41 Å². The molecule has 1 aliphatic rings.